The molecule has 0 amide bonds. The third-order valence-electron chi connectivity index (χ3n) is 2.68. The monoisotopic (exact) mass is 250 g/mol. The van der Waals surface area contributed by atoms with Crippen LogP contribution in [-0.4, -0.2) is 24.1 Å². The SMILES string of the molecule is CCOC(=O)C#CC(C)(OC(C)=O)C1=CCCC1. The largest absolute Gasteiger partial charge is 0.456 e. The van der Waals surface area contributed by atoms with Crippen LogP contribution < -0.4 is 0 Å². The number of esters is 2. The smallest absolute Gasteiger partial charge is 0.384 e. The maximum absolute atomic E-state index is 11.2. The molecule has 0 spiro atoms. The van der Waals surface area contributed by atoms with Crippen LogP contribution in [0.4, 0.5) is 0 Å². The van der Waals surface area contributed by atoms with E-state index in [2.05, 4.69) is 11.8 Å². The summed E-state index contributed by atoms with van der Waals surface area (Å²) in [5.74, 6) is 4.08. The van der Waals surface area contributed by atoms with Gasteiger partial charge in [0.05, 0.1) is 6.61 Å². The fourth-order valence-electron chi connectivity index (χ4n) is 1.90. The zero-order valence-electron chi connectivity index (χ0n) is 11.0. The molecule has 1 atom stereocenters. The van der Waals surface area contributed by atoms with E-state index in [0.717, 1.165) is 24.8 Å². The lowest BCUT2D eigenvalue weighted by Crippen LogP contribution is -2.31. The van der Waals surface area contributed by atoms with Crippen molar-refractivity contribution < 1.29 is 19.1 Å². The highest BCUT2D eigenvalue weighted by atomic mass is 16.6. The minimum Gasteiger partial charge on any atom is -0.456 e. The molecule has 1 aliphatic carbocycles. The zero-order valence-corrected chi connectivity index (χ0v) is 11.0. The minimum absolute atomic E-state index is 0.278. The van der Waals surface area contributed by atoms with Gasteiger partial charge in [-0.3, -0.25) is 4.79 Å². The molecule has 0 saturated heterocycles. The van der Waals surface area contributed by atoms with E-state index in [-0.39, 0.29) is 6.61 Å². The number of carbonyl (C=O) groups is 2. The molecule has 0 radical (unpaired) electrons. The zero-order chi connectivity index (χ0) is 13.6. The average molecular weight is 250 g/mol. The van der Waals surface area contributed by atoms with Crippen LogP contribution in [0.2, 0.25) is 0 Å². The first kappa shape index (κ1) is 14.3. The topological polar surface area (TPSA) is 52.6 Å². The Balaban J connectivity index is 2.90. The van der Waals surface area contributed by atoms with Gasteiger partial charge in [0, 0.05) is 12.8 Å². The molecule has 0 bridgehead atoms. The highest BCUT2D eigenvalue weighted by Gasteiger charge is 2.31. The van der Waals surface area contributed by atoms with Gasteiger partial charge in [0.2, 0.25) is 0 Å². The Labute approximate surface area is 107 Å². The molecule has 1 rings (SSSR count). The molecule has 18 heavy (non-hydrogen) atoms. The van der Waals surface area contributed by atoms with Crippen LogP contribution in [0.25, 0.3) is 0 Å². The van der Waals surface area contributed by atoms with E-state index in [9.17, 15) is 9.59 Å². The van der Waals surface area contributed by atoms with Crippen LogP contribution in [-0.2, 0) is 19.1 Å². The van der Waals surface area contributed by atoms with Gasteiger partial charge in [-0.15, -0.1) is 0 Å². The lowest BCUT2D eigenvalue weighted by Gasteiger charge is -2.24. The molecule has 0 fully saturated rings. The van der Waals surface area contributed by atoms with Gasteiger partial charge < -0.3 is 9.47 Å². The van der Waals surface area contributed by atoms with Crippen molar-refractivity contribution in [2.45, 2.75) is 45.6 Å². The maximum Gasteiger partial charge on any atom is 0.384 e. The van der Waals surface area contributed by atoms with E-state index in [0.29, 0.717) is 0 Å². The van der Waals surface area contributed by atoms with E-state index in [1.54, 1.807) is 13.8 Å². The van der Waals surface area contributed by atoms with Crippen LogP contribution in [0.1, 0.15) is 40.0 Å². The summed E-state index contributed by atoms with van der Waals surface area (Å²) in [5, 5.41) is 0. The second-order valence-electron chi connectivity index (χ2n) is 4.22. The first-order chi connectivity index (χ1) is 8.48. The predicted molar refractivity (Wildman–Crippen MR) is 66.5 cm³/mol. The predicted octanol–water partition coefficient (Wildman–Crippen LogP) is 1.98. The molecule has 1 unspecified atom stereocenters. The molecular formula is C14H18O4. The Morgan fingerprint density at radius 2 is 2.22 bits per heavy atom. The summed E-state index contributed by atoms with van der Waals surface area (Å²) in [6.07, 6.45) is 4.82. The lowest BCUT2D eigenvalue weighted by molar-refractivity contribution is -0.148. The van der Waals surface area contributed by atoms with Crippen molar-refractivity contribution in [2.24, 2.45) is 0 Å². The number of hydrogen-bond donors (Lipinski definition) is 0. The van der Waals surface area contributed by atoms with E-state index in [1.807, 2.05) is 6.08 Å². The van der Waals surface area contributed by atoms with Crippen molar-refractivity contribution in [3.05, 3.63) is 11.6 Å². The quantitative estimate of drug-likeness (QED) is 0.332. The standard InChI is InChI=1S/C14H18O4/c1-4-17-13(16)9-10-14(3,18-11(2)15)12-7-5-6-8-12/h7H,4-6,8H2,1-3H3. The van der Waals surface area contributed by atoms with Gasteiger partial charge in [-0.25, -0.2) is 4.79 Å². The van der Waals surface area contributed by atoms with Crippen LogP contribution in [0.5, 0.6) is 0 Å². The molecule has 98 valence electrons. The molecular weight excluding hydrogens is 232 g/mol. The highest BCUT2D eigenvalue weighted by Crippen LogP contribution is 2.30. The second kappa shape index (κ2) is 6.25. The van der Waals surface area contributed by atoms with Gasteiger partial charge in [-0.2, -0.15) is 0 Å². The summed E-state index contributed by atoms with van der Waals surface area (Å²) in [6, 6.07) is 0. The number of allylic oxidation sites excluding steroid dienone is 1. The van der Waals surface area contributed by atoms with Gasteiger partial charge in [0.1, 0.15) is 0 Å². The molecule has 4 heteroatoms. The van der Waals surface area contributed by atoms with Crippen LogP contribution in [0, 0.1) is 11.8 Å². The first-order valence-electron chi connectivity index (χ1n) is 6.07. The fraction of sp³-hybridized carbons (Fsp3) is 0.571. The Morgan fingerprint density at radius 1 is 1.50 bits per heavy atom. The summed E-state index contributed by atoms with van der Waals surface area (Å²) in [4.78, 5) is 22.4. The average Bonchev–Trinajstić information content (AvgIpc) is 2.80. The van der Waals surface area contributed by atoms with Crippen LogP contribution in [0.15, 0.2) is 11.6 Å². The van der Waals surface area contributed by atoms with Crippen molar-refractivity contribution in [2.75, 3.05) is 6.61 Å². The summed E-state index contributed by atoms with van der Waals surface area (Å²) in [6.45, 7) is 5.03. The maximum atomic E-state index is 11.2. The molecule has 4 nitrogen and oxygen atoms in total. The summed E-state index contributed by atoms with van der Waals surface area (Å²) >= 11 is 0. The lowest BCUT2D eigenvalue weighted by atomic mass is 9.95. The van der Waals surface area contributed by atoms with Crippen LogP contribution >= 0.6 is 0 Å². The number of ether oxygens (including phenoxy) is 2. The summed E-state index contributed by atoms with van der Waals surface area (Å²) in [7, 11) is 0. The number of carbonyl (C=O) groups excluding carboxylic acids is 2. The molecule has 1 aliphatic rings. The molecule has 0 aromatic carbocycles. The van der Waals surface area contributed by atoms with Gasteiger partial charge in [-0.1, -0.05) is 6.08 Å². The van der Waals surface area contributed by atoms with Crippen molar-refractivity contribution >= 4 is 11.9 Å². The third kappa shape index (κ3) is 3.92. The first-order valence-corrected chi connectivity index (χ1v) is 6.07. The Morgan fingerprint density at radius 3 is 2.72 bits per heavy atom. The fourth-order valence-corrected chi connectivity index (χ4v) is 1.90. The molecule has 0 heterocycles. The highest BCUT2D eigenvalue weighted by molar-refractivity contribution is 5.88. The molecule has 0 aromatic rings. The van der Waals surface area contributed by atoms with Crippen molar-refractivity contribution in [1.29, 1.82) is 0 Å². The summed E-state index contributed by atoms with van der Waals surface area (Å²) in [5.41, 5.74) is -0.0655. The van der Waals surface area contributed by atoms with Crippen molar-refractivity contribution in [3.8, 4) is 11.8 Å². The summed E-state index contributed by atoms with van der Waals surface area (Å²) < 4.78 is 9.99. The van der Waals surface area contributed by atoms with Crippen LogP contribution in [0.3, 0.4) is 0 Å². The van der Waals surface area contributed by atoms with Gasteiger partial charge in [-0.05, 0) is 44.6 Å². The molecule has 0 aromatic heterocycles. The normalized spacial score (nSPS) is 16.9. The van der Waals surface area contributed by atoms with Crippen molar-refractivity contribution in [3.63, 3.8) is 0 Å². The van der Waals surface area contributed by atoms with E-state index < -0.39 is 17.5 Å². The Hall–Kier alpha value is -1.76. The van der Waals surface area contributed by atoms with Crippen molar-refractivity contribution in [1.82, 2.24) is 0 Å². The van der Waals surface area contributed by atoms with Gasteiger partial charge in [0.25, 0.3) is 0 Å². The number of rotatable bonds is 3. The Kier molecular flexibility index (Phi) is 4.96. The van der Waals surface area contributed by atoms with Gasteiger partial charge >= 0.3 is 11.9 Å². The van der Waals surface area contributed by atoms with E-state index >= 15 is 0 Å². The second-order valence-corrected chi connectivity index (χ2v) is 4.22. The third-order valence-corrected chi connectivity index (χ3v) is 2.68. The minimum atomic E-state index is -1.02. The van der Waals surface area contributed by atoms with Gasteiger partial charge in [0.15, 0.2) is 5.60 Å². The van der Waals surface area contributed by atoms with E-state index in [4.69, 9.17) is 9.47 Å². The molecule has 0 aliphatic heterocycles. The molecule has 0 saturated carbocycles. The van der Waals surface area contributed by atoms with E-state index in [1.165, 1.54) is 6.92 Å². The number of hydrogen-bond acceptors (Lipinski definition) is 4. The molecule has 0 N–H and O–H groups in total. The Bertz CT molecular complexity index is 425.